The highest BCUT2D eigenvalue weighted by molar-refractivity contribution is 6.23. The number of para-hydroxylation sites is 1. The standard InChI is InChI=1S/C49H32O/c1-49(2)41-26-23-30-21-24-39-34-13-9-10-18-43(34)50-48(39)46(30)47(41)40-25-22-33(28-42(40)49)45-37-16-7-5-14-35(37)44(36-15-6-8-17-38(36)45)32-20-19-29-11-3-4-12-31(29)27-32/h3-28H,1-2H3. The van der Waals surface area contributed by atoms with Crippen LogP contribution in [0.4, 0.5) is 0 Å². The SMILES string of the molecule is CC1(C)c2cc(-c3c4ccccc4c(-c4ccc5ccccc5c4)c4ccccc34)ccc2-c2c1ccc1ccc3c4ccccc4oc3c21. The molecule has 1 aromatic heterocycles. The van der Waals surface area contributed by atoms with Gasteiger partial charge in [0, 0.05) is 21.6 Å². The lowest BCUT2D eigenvalue weighted by molar-refractivity contribution is 0.660. The van der Waals surface area contributed by atoms with Crippen LogP contribution in [0.25, 0.3) is 98.4 Å². The summed E-state index contributed by atoms with van der Waals surface area (Å²) < 4.78 is 6.63. The summed E-state index contributed by atoms with van der Waals surface area (Å²) in [5, 5.41) is 12.4. The Morgan fingerprint density at radius 1 is 0.400 bits per heavy atom. The van der Waals surface area contributed by atoms with Gasteiger partial charge in [0.2, 0.25) is 0 Å². The summed E-state index contributed by atoms with van der Waals surface area (Å²) in [5.41, 5.74) is 12.1. The van der Waals surface area contributed by atoms with Crippen LogP contribution in [-0.4, -0.2) is 0 Å². The largest absolute Gasteiger partial charge is 0.455 e. The molecular formula is C49H32O. The molecule has 0 unspecified atom stereocenters. The fourth-order valence-corrected chi connectivity index (χ4v) is 9.07. The summed E-state index contributed by atoms with van der Waals surface area (Å²) in [7, 11) is 0. The Balaban J connectivity index is 1.18. The second-order valence-corrected chi connectivity index (χ2v) is 14.4. The molecule has 1 heterocycles. The van der Waals surface area contributed by atoms with Crippen LogP contribution >= 0.6 is 0 Å². The first kappa shape index (κ1) is 27.7. The molecule has 9 aromatic carbocycles. The van der Waals surface area contributed by atoms with Crippen molar-refractivity contribution in [3.63, 3.8) is 0 Å². The first-order chi connectivity index (χ1) is 24.6. The second kappa shape index (κ2) is 9.94. The highest BCUT2D eigenvalue weighted by atomic mass is 16.3. The molecule has 0 aliphatic heterocycles. The van der Waals surface area contributed by atoms with Gasteiger partial charge in [-0.25, -0.2) is 0 Å². The van der Waals surface area contributed by atoms with E-state index in [0.29, 0.717) is 0 Å². The smallest absolute Gasteiger partial charge is 0.143 e. The average Bonchev–Trinajstić information content (AvgIpc) is 3.65. The maximum Gasteiger partial charge on any atom is 0.143 e. The van der Waals surface area contributed by atoms with E-state index in [9.17, 15) is 0 Å². The normalized spacial score (nSPS) is 13.6. The minimum absolute atomic E-state index is 0.181. The summed E-state index contributed by atoms with van der Waals surface area (Å²) in [6, 6.07) is 58.2. The van der Waals surface area contributed by atoms with Gasteiger partial charge < -0.3 is 4.42 Å². The van der Waals surface area contributed by atoms with Crippen molar-refractivity contribution in [3.8, 4) is 33.4 Å². The Labute approximate surface area is 290 Å². The van der Waals surface area contributed by atoms with E-state index >= 15 is 0 Å². The molecule has 0 bridgehead atoms. The predicted molar refractivity (Wildman–Crippen MR) is 212 cm³/mol. The Morgan fingerprint density at radius 3 is 1.68 bits per heavy atom. The van der Waals surface area contributed by atoms with E-state index in [1.807, 2.05) is 0 Å². The van der Waals surface area contributed by atoms with E-state index < -0.39 is 0 Å². The van der Waals surface area contributed by atoms with Crippen molar-refractivity contribution in [2.24, 2.45) is 0 Å². The van der Waals surface area contributed by atoms with Crippen LogP contribution in [-0.2, 0) is 5.41 Å². The molecule has 0 saturated carbocycles. The van der Waals surface area contributed by atoms with Crippen molar-refractivity contribution in [2.45, 2.75) is 19.3 Å². The minimum Gasteiger partial charge on any atom is -0.455 e. The molecule has 50 heavy (non-hydrogen) atoms. The van der Waals surface area contributed by atoms with E-state index in [1.165, 1.54) is 98.4 Å². The van der Waals surface area contributed by atoms with Gasteiger partial charge in [0.1, 0.15) is 11.2 Å². The molecule has 11 rings (SSSR count). The van der Waals surface area contributed by atoms with Crippen molar-refractivity contribution < 1.29 is 4.42 Å². The van der Waals surface area contributed by atoms with Crippen molar-refractivity contribution in [2.75, 3.05) is 0 Å². The zero-order valence-corrected chi connectivity index (χ0v) is 27.9. The van der Waals surface area contributed by atoms with Gasteiger partial charge >= 0.3 is 0 Å². The summed E-state index contributed by atoms with van der Waals surface area (Å²) in [6.45, 7) is 4.76. The number of hydrogen-bond acceptors (Lipinski definition) is 1. The monoisotopic (exact) mass is 636 g/mol. The van der Waals surface area contributed by atoms with Gasteiger partial charge in [-0.05, 0) is 106 Å². The molecule has 0 spiro atoms. The van der Waals surface area contributed by atoms with E-state index in [2.05, 4.69) is 172 Å². The van der Waals surface area contributed by atoms with Crippen LogP contribution in [0.2, 0.25) is 0 Å². The molecule has 1 heteroatoms. The zero-order chi connectivity index (χ0) is 33.1. The van der Waals surface area contributed by atoms with Crippen LogP contribution in [0.1, 0.15) is 25.0 Å². The van der Waals surface area contributed by atoms with Gasteiger partial charge in [-0.2, -0.15) is 0 Å². The van der Waals surface area contributed by atoms with Crippen molar-refractivity contribution >= 4 is 65.0 Å². The van der Waals surface area contributed by atoms with E-state index in [0.717, 1.165) is 11.2 Å². The van der Waals surface area contributed by atoms with Crippen molar-refractivity contribution in [1.82, 2.24) is 0 Å². The van der Waals surface area contributed by atoms with Crippen LogP contribution in [0.3, 0.4) is 0 Å². The molecule has 0 saturated heterocycles. The van der Waals surface area contributed by atoms with Crippen LogP contribution in [0.5, 0.6) is 0 Å². The van der Waals surface area contributed by atoms with Gasteiger partial charge in [0.25, 0.3) is 0 Å². The fraction of sp³-hybridized carbons (Fsp3) is 0.0612. The van der Waals surface area contributed by atoms with E-state index in [1.54, 1.807) is 0 Å². The lowest BCUT2D eigenvalue weighted by Gasteiger charge is -2.23. The van der Waals surface area contributed by atoms with Gasteiger partial charge in [0.05, 0.1) is 0 Å². The topological polar surface area (TPSA) is 13.1 Å². The minimum atomic E-state index is -0.181. The van der Waals surface area contributed by atoms with E-state index in [4.69, 9.17) is 4.42 Å². The molecule has 234 valence electrons. The third kappa shape index (κ3) is 3.67. The van der Waals surface area contributed by atoms with Crippen molar-refractivity contribution in [3.05, 3.63) is 169 Å². The maximum absolute atomic E-state index is 6.63. The summed E-state index contributed by atoms with van der Waals surface area (Å²) in [5.74, 6) is 0. The molecule has 1 aliphatic carbocycles. The van der Waals surface area contributed by atoms with Crippen molar-refractivity contribution in [1.29, 1.82) is 0 Å². The summed E-state index contributed by atoms with van der Waals surface area (Å²) >= 11 is 0. The summed E-state index contributed by atoms with van der Waals surface area (Å²) in [4.78, 5) is 0. The fourth-order valence-electron chi connectivity index (χ4n) is 9.07. The Morgan fingerprint density at radius 2 is 0.960 bits per heavy atom. The summed E-state index contributed by atoms with van der Waals surface area (Å²) in [6.07, 6.45) is 0. The predicted octanol–water partition coefficient (Wildman–Crippen LogP) is 13.8. The first-order valence-electron chi connectivity index (χ1n) is 17.5. The van der Waals surface area contributed by atoms with Gasteiger partial charge in [-0.15, -0.1) is 0 Å². The molecular weight excluding hydrogens is 605 g/mol. The lowest BCUT2D eigenvalue weighted by atomic mass is 9.80. The highest BCUT2D eigenvalue weighted by Crippen LogP contribution is 2.54. The third-order valence-electron chi connectivity index (χ3n) is 11.4. The highest BCUT2D eigenvalue weighted by Gasteiger charge is 2.37. The van der Waals surface area contributed by atoms with Gasteiger partial charge in [-0.1, -0.05) is 147 Å². The van der Waals surface area contributed by atoms with Crippen LogP contribution < -0.4 is 0 Å². The molecule has 1 nitrogen and oxygen atoms in total. The molecule has 0 atom stereocenters. The molecule has 0 radical (unpaired) electrons. The van der Waals surface area contributed by atoms with E-state index in [-0.39, 0.29) is 5.41 Å². The lowest BCUT2D eigenvalue weighted by Crippen LogP contribution is -2.15. The van der Waals surface area contributed by atoms with Crippen LogP contribution in [0.15, 0.2) is 162 Å². The number of benzene rings is 9. The molecule has 0 amide bonds. The average molecular weight is 637 g/mol. The molecule has 10 aromatic rings. The van der Waals surface area contributed by atoms with Crippen LogP contribution in [0, 0.1) is 0 Å². The van der Waals surface area contributed by atoms with Gasteiger partial charge in [-0.3, -0.25) is 0 Å². The second-order valence-electron chi connectivity index (χ2n) is 14.4. The molecule has 0 N–H and O–H groups in total. The number of hydrogen-bond donors (Lipinski definition) is 0. The molecule has 1 aliphatic rings. The maximum atomic E-state index is 6.63. The number of rotatable bonds is 2. The number of fused-ring (bicyclic) bond motifs is 12. The molecule has 0 fully saturated rings. The Kier molecular flexibility index (Phi) is 5.51. The van der Waals surface area contributed by atoms with Gasteiger partial charge in [0.15, 0.2) is 0 Å². The Bertz CT molecular complexity index is 3010. The quantitative estimate of drug-likeness (QED) is 0.172. The first-order valence-corrected chi connectivity index (χ1v) is 17.5. The third-order valence-corrected chi connectivity index (χ3v) is 11.4. The zero-order valence-electron chi connectivity index (χ0n) is 27.9. The number of furan rings is 1. The Hall–Kier alpha value is -6.18.